The van der Waals surface area contributed by atoms with Crippen LogP contribution in [0.3, 0.4) is 0 Å². The van der Waals surface area contributed by atoms with E-state index in [1.807, 2.05) is 4.90 Å². The number of hydrogen-bond donors (Lipinski definition) is 1. The van der Waals surface area contributed by atoms with Crippen molar-refractivity contribution in [3.63, 3.8) is 0 Å². The number of fused-ring (bicyclic) bond motifs is 3. The van der Waals surface area contributed by atoms with E-state index in [4.69, 9.17) is 4.74 Å². The number of rotatable bonds is 4. The summed E-state index contributed by atoms with van der Waals surface area (Å²) in [6.07, 6.45) is -0.217. The van der Waals surface area contributed by atoms with Crippen molar-refractivity contribution >= 4 is 47.0 Å². The maximum absolute atomic E-state index is 12.9. The number of amides is 1. The van der Waals surface area contributed by atoms with Crippen molar-refractivity contribution in [3.05, 3.63) is 87.0 Å². The number of thiol groups is 1. The topological polar surface area (TPSA) is 32.8 Å². The van der Waals surface area contributed by atoms with Crippen LogP contribution in [-0.2, 0) is 10.5 Å². The molecule has 1 aliphatic carbocycles. The molecule has 0 radical (unpaired) electrons. The number of ether oxygens (including phenoxy) is 1. The predicted molar refractivity (Wildman–Crippen MR) is 141 cm³/mol. The summed E-state index contributed by atoms with van der Waals surface area (Å²) in [5.74, 6) is 0.822. The predicted octanol–water partition coefficient (Wildman–Crippen LogP) is 5.79. The lowest BCUT2D eigenvalue weighted by atomic mass is 9.98. The highest BCUT2D eigenvalue weighted by atomic mass is 127. The van der Waals surface area contributed by atoms with E-state index >= 15 is 0 Å². The van der Waals surface area contributed by atoms with Gasteiger partial charge in [0.15, 0.2) is 0 Å². The molecule has 5 rings (SSSR count). The second-order valence-electron chi connectivity index (χ2n) is 8.25. The molecule has 164 valence electrons. The standard InChI is InChI=1S/C26H25IN2O2S/c27-19-13-18(17-32)14-20(15-19)28-9-11-29(12-10-28)26(30)31-16-25-23-7-3-1-5-21(23)22-6-2-4-8-24(22)25/h1-8,13-15,25,32H,9-12,16-17H2. The second-order valence-corrected chi connectivity index (χ2v) is 9.82. The third-order valence-electron chi connectivity index (χ3n) is 6.36. The molecule has 3 aromatic carbocycles. The first-order valence-electron chi connectivity index (χ1n) is 10.9. The van der Waals surface area contributed by atoms with Crippen LogP contribution in [0.25, 0.3) is 11.1 Å². The Bertz CT molecular complexity index is 1100. The van der Waals surface area contributed by atoms with Gasteiger partial charge in [-0.1, -0.05) is 48.5 Å². The molecular formula is C26H25IN2O2S. The minimum absolute atomic E-state index is 0.0960. The molecule has 6 heteroatoms. The third-order valence-corrected chi connectivity index (χ3v) is 7.35. The fraction of sp³-hybridized carbons (Fsp3) is 0.269. The number of carbonyl (C=O) groups is 1. The summed E-state index contributed by atoms with van der Waals surface area (Å²) in [6.45, 7) is 3.30. The van der Waals surface area contributed by atoms with E-state index in [9.17, 15) is 4.79 Å². The van der Waals surface area contributed by atoms with E-state index in [2.05, 4.69) is 107 Å². The number of piperazine rings is 1. The highest BCUT2D eigenvalue weighted by molar-refractivity contribution is 14.1. The molecule has 0 N–H and O–H groups in total. The Kier molecular flexibility index (Phi) is 6.33. The Morgan fingerprint density at radius 2 is 1.56 bits per heavy atom. The molecule has 0 unspecified atom stereocenters. The summed E-state index contributed by atoms with van der Waals surface area (Å²) >= 11 is 6.76. The van der Waals surface area contributed by atoms with Gasteiger partial charge in [-0.3, -0.25) is 0 Å². The number of halogens is 1. The number of carbonyl (C=O) groups excluding carboxylic acids is 1. The number of hydrogen-bond acceptors (Lipinski definition) is 4. The van der Waals surface area contributed by atoms with Crippen LogP contribution < -0.4 is 4.90 Å². The van der Waals surface area contributed by atoms with Gasteiger partial charge in [-0.25, -0.2) is 4.79 Å². The van der Waals surface area contributed by atoms with E-state index in [1.54, 1.807) is 0 Å². The van der Waals surface area contributed by atoms with Gasteiger partial charge in [0.1, 0.15) is 6.61 Å². The van der Waals surface area contributed by atoms with Crippen LogP contribution >= 0.6 is 35.2 Å². The van der Waals surface area contributed by atoms with Crippen molar-refractivity contribution < 1.29 is 9.53 Å². The van der Waals surface area contributed by atoms with Crippen LogP contribution in [0.5, 0.6) is 0 Å². The molecule has 32 heavy (non-hydrogen) atoms. The first kappa shape index (κ1) is 21.6. The molecule has 1 aliphatic heterocycles. The van der Waals surface area contributed by atoms with E-state index < -0.39 is 0 Å². The Morgan fingerprint density at radius 3 is 2.19 bits per heavy atom. The molecule has 1 fully saturated rings. The minimum atomic E-state index is -0.217. The van der Waals surface area contributed by atoms with E-state index in [-0.39, 0.29) is 12.0 Å². The van der Waals surface area contributed by atoms with Gasteiger partial charge >= 0.3 is 6.09 Å². The first-order valence-corrected chi connectivity index (χ1v) is 12.6. The number of nitrogens with zero attached hydrogens (tertiary/aromatic N) is 2. The summed E-state index contributed by atoms with van der Waals surface area (Å²) in [6, 6.07) is 23.4. The molecule has 1 heterocycles. The van der Waals surface area contributed by atoms with Gasteiger partial charge in [0, 0.05) is 47.1 Å². The van der Waals surface area contributed by atoms with Crippen molar-refractivity contribution in [1.82, 2.24) is 4.90 Å². The van der Waals surface area contributed by atoms with Gasteiger partial charge < -0.3 is 14.5 Å². The van der Waals surface area contributed by atoms with Gasteiger partial charge in [0.2, 0.25) is 0 Å². The zero-order chi connectivity index (χ0) is 22.1. The highest BCUT2D eigenvalue weighted by Crippen LogP contribution is 2.44. The number of anilines is 1. The maximum atomic E-state index is 12.9. The third kappa shape index (κ3) is 4.22. The average Bonchev–Trinajstić information content (AvgIpc) is 3.16. The monoisotopic (exact) mass is 556 g/mol. The van der Waals surface area contributed by atoms with Gasteiger partial charge in [-0.15, -0.1) is 0 Å². The summed E-state index contributed by atoms with van der Waals surface area (Å²) in [7, 11) is 0. The molecule has 1 saturated heterocycles. The van der Waals surface area contributed by atoms with E-state index in [0.717, 1.165) is 18.8 Å². The minimum Gasteiger partial charge on any atom is -0.448 e. The summed E-state index contributed by atoms with van der Waals surface area (Å²) in [5.41, 5.74) is 7.39. The first-order chi connectivity index (χ1) is 15.6. The van der Waals surface area contributed by atoms with Crippen LogP contribution in [0, 0.1) is 3.57 Å². The summed E-state index contributed by atoms with van der Waals surface area (Å²) < 4.78 is 7.04. The van der Waals surface area contributed by atoms with Crippen LogP contribution in [0.2, 0.25) is 0 Å². The lowest BCUT2D eigenvalue weighted by Gasteiger charge is -2.36. The highest BCUT2D eigenvalue weighted by Gasteiger charge is 2.30. The Morgan fingerprint density at radius 1 is 0.938 bits per heavy atom. The molecule has 0 aromatic heterocycles. The van der Waals surface area contributed by atoms with Crippen molar-refractivity contribution in [2.75, 3.05) is 37.7 Å². The van der Waals surface area contributed by atoms with Crippen LogP contribution in [-0.4, -0.2) is 43.8 Å². The molecule has 0 saturated carbocycles. The largest absolute Gasteiger partial charge is 0.448 e. The molecule has 2 aliphatic rings. The van der Waals surface area contributed by atoms with Gasteiger partial charge in [0.05, 0.1) is 0 Å². The van der Waals surface area contributed by atoms with Gasteiger partial charge in [-0.05, 0) is 68.6 Å². The fourth-order valence-corrected chi connectivity index (χ4v) is 5.64. The second kappa shape index (κ2) is 9.35. The smallest absolute Gasteiger partial charge is 0.409 e. The summed E-state index contributed by atoms with van der Waals surface area (Å²) in [5, 5.41) is 0. The molecule has 0 spiro atoms. The van der Waals surface area contributed by atoms with Crippen molar-refractivity contribution in [1.29, 1.82) is 0 Å². The van der Waals surface area contributed by atoms with Gasteiger partial charge in [0.25, 0.3) is 0 Å². The Labute approximate surface area is 208 Å². The molecule has 1 amide bonds. The summed E-state index contributed by atoms with van der Waals surface area (Å²) in [4.78, 5) is 17.0. The fourth-order valence-electron chi connectivity index (χ4n) is 4.74. The van der Waals surface area contributed by atoms with Crippen molar-refractivity contribution in [2.45, 2.75) is 11.7 Å². The number of benzene rings is 3. The zero-order valence-corrected chi connectivity index (χ0v) is 20.8. The average molecular weight is 556 g/mol. The molecule has 4 nitrogen and oxygen atoms in total. The quantitative estimate of drug-likeness (QED) is 0.326. The van der Waals surface area contributed by atoms with E-state index in [1.165, 1.54) is 37.1 Å². The normalized spacial score (nSPS) is 15.4. The zero-order valence-electron chi connectivity index (χ0n) is 17.7. The van der Waals surface area contributed by atoms with Crippen LogP contribution in [0.1, 0.15) is 22.6 Å². The molecular weight excluding hydrogens is 531 g/mol. The van der Waals surface area contributed by atoms with E-state index in [0.29, 0.717) is 19.7 Å². The van der Waals surface area contributed by atoms with Crippen molar-refractivity contribution in [2.24, 2.45) is 0 Å². The Balaban J connectivity index is 1.22. The van der Waals surface area contributed by atoms with Gasteiger partial charge in [-0.2, -0.15) is 12.6 Å². The van der Waals surface area contributed by atoms with Crippen LogP contribution in [0.15, 0.2) is 66.7 Å². The van der Waals surface area contributed by atoms with Crippen LogP contribution in [0.4, 0.5) is 10.5 Å². The SMILES string of the molecule is O=C(OCC1c2ccccc2-c2ccccc21)N1CCN(c2cc(I)cc(CS)c2)CC1. The van der Waals surface area contributed by atoms with Crippen molar-refractivity contribution in [3.8, 4) is 11.1 Å². The molecule has 0 atom stereocenters. The Hall–Kier alpha value is -2.19. The maximum Gasteiger partial charge on any atom is 0.409 e. The molecule has 3 aromatic rings. The molecule has 0 bridgehead atoms. The lowest BCUT2D eigenvalue weighted by Crippen LogP contribution is -2.49. The lowest BCUT2D eigenvalue weighted by molar-refractivity contribution is 0.0977.